The zero-order chi connectivity index (χ0) is 14.1. The summed E-state index contributed by atoms with van der Waals surface area (Å²) in [6, 6.07) is 13.9. The van der Waals surface area contributed by atoms with Gasteiger partial charge in [-0.15, -0.1) is 11.3 Å². The van der Waals surface area contributed by atoms with Crippen molar-refractivity contribution >= 4 is 22.9 Å². The molecular formula is C16H13ClN2S. The molecule has 0 unspecified atom stereocenters. The van der Waals surface area contributed by atoms with Gasteiger partial charge in [-0.3, -0.25) is 0 Å². The quantitative estimate of drug-likeness (QED) is 0.612. The number of hydrogen-bond donors (Lipinski definition) is 0. The molecule has 3 rings (SSSR count). The van der Waals surface area contributed by atoms with E-state index < -0.39 is 0 Å². The van der Waals surface area contributed by atoms with Crippen LogP contribution in [0.5, 0.6) is 0 Å². The van der Waals surface area contributed by atoms with E-state index in [1.807, 2.05) is 30.3 Å². The van der Waals surface area contributed by atoms with Crippen LogP contribution in [0.25, 0.3) is 22.6 Å². The summed E-state index contributed by atoms with van der Waals surface area (Å²) in [5.74, 6) is 0.693. The van der Waals surface area contributed by atoms with Gasteiger partial charge in [0.1, 0.15) is 5.15 Å². The molecule has 100 valence electrons. The van der Waals surface area contributed by atoms with Gasteiger partial charge >= 0.3 is 0 Å². The molecule has 0 aliphatic carbocycles. The van der Waals surface area contributed by atoms with Gasteiger partial charge in [0.05, 0.1) is 5.69 Å². The van der Waals surface area contributed by atoms with Crippen molar-refractivity contribution in [1.82, 2.24) is 9.97 Å². The minimum absolute atomic E-state index is 0.470. The molecule has 0 saturated carbocycles. The molecule has 3 aromatic rings. The van der Waals surface area contributed by atoms with E-state index in [2.05, 4.69) is 29.9 Å². The second-order valence-electron chi connectivity index (χ2n) is 4.59. The molecule has 0 N–H and O–H groups in total. The topological polar surface area (TPSA) is 25.8 Å². The van der Waals surface area contributed by atoms with Crippen LogP contribution in [0, 0.1) is 13.8 Å². The number of thiophene rings is 1. The van der Waals surface area contributed by atoms with E-state index in [1.165, 1.54) is 9.75 Å². The number of nitrogens with zero attached hydrogens (tertiary/aromatic N) is 2. The van der Waals surface area contributed by atoms with Crippen molar-refractivity contribution in [3.05, 3.63) is 57.4 Å². The number of rotatable bonds is 2. The molecule has 0 fully saturated rings. The predicted molar refractivity (Wildman–Crippen MR) is 85.3 cm³/mol. The zero-order valence-electron chi connectivity index (χ0n) is 11.2. The maximum absolute atomic E-state index is 6.16. The molecule has 0 saturated heterocycles. The van der Waals surface area contributed by atoms with Crippen LogP contribution in [0.1, 0.15) is 9.75 Å². The van der Waals surface area contributed by atoms with Crippen molar-refractivity contribution in [2.75, 3.05) is 0 Å². The van der Waals surface area contributed by atoms with E-state index >= 15 is 0 Å². The van der Waals surface area contributed by atoms with Crippen molar-refractivity contribution < 1.29 is 0 Å². The first-order valence-electron chi connectivity index (χ1n) is 6.31. The Morgan fingerprint density at radius 3 is 2.40 bits per heavy atom. The molecule has 20 heavy (non-hydrogen) atoms. The zero-order valence-corrected chi connectivity index (χ0v) is 12.8. The van der Waals surface area contributed by atoms with Crippen LogP contribution in [0.15, 0.2) is 42.5 Å². The average molecular weight is 301 g/mol. The van der Waals surface area contributed by atoms with Gasteiger partial charge in [0, 0.05) is 26.9 Å². The van der Waals surface area contributed by atoms with Crippen molar-refractivity contribution in [3.8, 4) is 22.6 Å². The molecule has 0 bridgehead atoms. The second-order valence-corrected chi connectivity index (χ2v) is 6.44. The lowest BCUT2D eigenvalue weighted by atomic mass is 10.1. The van der Waals surface area contributed by atoms with Gasteiger partial charge in [0.25, 0.3) is 0 Å². The highest BCUT2D eigenvalue weighted by Gasteiger charge is 2.11. The van der Waals surface area contributed by atoms with Gasteiger partial charge in [-0.1, -0.05) is 41.9 Å². The monoisotopic (exact) mass is 300 g/mol. The Balaban J connectivity index is 2.14. The smallest absolute Gasteiger partial charge is 0.162 e. The normalized spacial score (nSPS) is 10.8. The van der Waals surface area contributed by atoms with E-state index in [0.717, 1.165) is 16.8 Å². The third kappa shape index (κ3) is 2.60. The number of aromatic nitrogens is 2. The summed E-state index contributed by atoms with van der Waals surface area (Å²) in [7, 11) is 0. The lowest BCUT2D eigenvalue weighted by Crippen LogP contribution is -1.93. The van der Waals surface area contributed by atoms with E-state index in [1.54, 1.807) is 17.4 Å². The molecular weight excluding hydrogens is 288 g/mol. The summed E-state index contributed by atoms with van der Waals surface area (Å²) in [5, 5.41) is 0.470. The summed E-state index contributed by atoms with van der Waals surface area (Å²) < 4.78 is 0. The first kappa shape index (κ1) is 13.3. The fraction of sp³-hybridized carbons (Fsp3) is 0.125. The van der Waals surface area contributed by atoms with Gasteiger partial charge in [-0.2, -0.15) is 0 Å². The van der Waals surface area contributed by atoms with E-state index in [0.29, 0.717) is 11.0 Å². The molecule has 0 aliphatic rings. The van der Waals surface area contributed by atoms with Crippen LogP contribution in [0.2, 0.25) is 5.15 Å². The predicted octanol–water partition coefficient (Wildman–Crippen LogP) is 5.14. The summed E-state index contributed by atoms with van der Waals surface area (Å²) in [6.07, 6.45) is 0. The summed E-state index contributed by atoms with van der Waals surface area (Å²) >= 11 is 7.91. The molecule has 0 aliphatic heterocycles. The van der Waals surface area contributed by atoms with Crippen molar-refractivity contribution in [2.24, 2.45) is 0 Å². The lowest BCUT2D eigenvalue weighted by molar-refractivity contribution is 1.18. The standard InChI is InChI=1S/C16H13ClN2S/c1-10-8-13(11(2)20-10)16-18-14(9-15(17)19-16)12-6-4-3-5-7-12/h3-9H,1-2H3. The van der Waals surface area contributed by atoms with Crippen LogP contribution in [0.3, 0.4) is 0 Å². The van der Waals surface area contributed by atoms with Crippen LogP contribution in [-0.4, -0.2) is 9.97 Å². The highest BCUT2D eigenvalue weighted by atomic mass is 35.5. The van der Waals surface area contributed by atoms with Crippen molar-refractivity contribution in [2.45, 2.75) is 13.8 Å². The van der Waals surface area contributed by atoms with Gasteiger partial charge < -0.3 is 0 Å². The molecule has 1 aromatic carbocycles. The van der Waals surface area contributed by atoms with Crippen LogP contribution in [0.4, 0.5) is 0 Å². The maximum atomic E-state index is 6.16. The Hall–Kier alpha value is -1.71. The summed E-state index contributed by atoms with van der Waals surface area (Å²) in [4.78, 5) is 11.5. The second kappa shape index (κ2) is 5.35. The SMILES string of the molecule is Cc1cc(-c2nc(Cl)cc(-c3ccccc3)n2)c(C)s1. The Bertz CT molecular complexity index is 750. The van der Waals surface area contributed by atoms with Gasteiger partial charge in [-0.05, 0) is 19.9 Å². The minimum Gasteiger partial charge on any atom is -0.228 e. The molecule has 2 aromatic heterocycles. The van der Waals surface area contributed by atoms with Gasteiger partial charge in [-0.25, -0.2) is 9.97 Å². The molecule has 0 atom stereocenters. The molecule has 0 radical (unpaired) electrons. The fourth-order valence-corrected chi connectivity index (χ4v) is 3.25. The summed E-state index contributed by atoms with van der Waals surface area (Å²) in [5.41, 5.74) is 2.96. The minimum atomic E-state index is 0.470. The Labute approximate surface area is 127 Å². The lowest BCUT2D eigenvalue weighted by Gasteiger charge is -2.05. The molecule has 0 spiro atoms. The van der Waals surface area contributed by atoms with Gasteiger partial charge in [0.15, 0.2) is 5.82 Å². The number of benzene rings is 1. The van der Waals surface area contributed by atoms with Crippen LogP contribution >= 0.6 is 22.9 Å². The van der Waals surface area contributed by atoms with Gasteiger partial charge in [0.2, 0.25) is 0 Å². The highest BCUT2D eigenvalue weighted by Crippen LogP contribution is 2.30. The van der Waals surface area contributed by atoms with Crippen molar-refractivity contribution in [1.29, 1.82) is 0 Å². The fourth-order valence-electron chi connectivity index (χ4n) is 2.15. The molecule has 0 amide bonds. The third-order valence-corrected chi connectivity index (χ3v) is 4.21. The number of halogens is 1. The molecule has 2 heterocycles. The largest absolute Gasteiger partial charge is 0.228 e. The number of hydrogen-bond acceptors (Lipinski definition) is 3. The Morgan fingerprint density at radius 1 is 1.00 bits per heavy atom. The first-order chi connectivity index (χ1) is 9.63. The third-order valence-electron chi connectivity index (χ3n) is 3.05. The number of aryl methyl sites for hydroxylation is 2. The van der Waals surface area contributed by atoms with E-state index in [-0.39, 0.29) is 0 Å². The van der Waals surface area contributed by atoms with E-state index in [9.17, 15) is 0 Å². The Morgan fingerprint density at radius 2 is 1.75 bits per heavy atom. The van der Waals surface area contributed by atoms with Crippen molar-refractivity contribution in [3.63, 3.8) is 0 Å². The van der Waals surface area contributed by atoms with E-state index in [4.69, 9.17) is 11.6 Å². The van der Waals surface area contributed by atoms with Crippen LogP contribution in [-0.2, 0) is 0 Å². The average Bonchev–Trinajstić information content (AvgIpc) is 2.78. The maximum Gasteiger partial charge on any atom is 0.162 e. The highest BCUT2D eigenvalue weighted by molar-refractivity contribution is 7.12. The molecule has 4 heteroatoms. The first-order valence-corrected chi connectivity index (χ1v) is 7.50. The molecule has 2 nitrogen and oxygen atoms in total. The van der Waals surface area contributed by atoms with Crippen LogP contribution < -0.4 is 0 Å². The Kier molecular flexibility index (Phi) is 3.55. The summed E-state index contributed by atoms with van der Waals surface area (Å²) in [6.45, 7) is 4.17.